The van der Waals surface area contributed by atoms with E-state index in [0.717, 1.165) is 32.0 Å². The summed E-state index contributed by atoms with van der Waals surface area (Å²) in [7, 11) is 3.83. The molecule has 1 unspecified atom stereocenters. The zero-order valence-electron chi connectivity index (χ0n) is 18.4. The molecule has 4 rings (SSSR count). The SMILES string of the molecule is CN=C(NCc1ccccc1COCc1ccccc1)N1CCC(c2cnn(C)c2)C1. The molecule has 0 saturated carbocycles. The van der Waals surface area contributed by atoms with Crippen LogP contribution in [0, 0.1) is 0 Å². The molecular formula is C25H31N5O. The highest BCUT2D eigenvalue weighted by atomic mass is 16.5. The molecule has 162 valence electrons. The van der Waals surface area contributed by atoms with E-state index in [4.69, 9.17) is 4.74 Å². The molecule has 1 aromatic heterocycles. The Kier molecular flexibility index (Phi) is 6.99. The molecular weight excluding hydrogens is 386 g/mol. The van der Waals surface area contributed by atoms with Crippen molar-refractivity contribution in [2.75, 3.05) is 20.1 Å². The highest BCUT2D eigenvalue weighted by molar-refractivity contribution is 5.80. The number of benzene rings is 2. The van der Waals surface area contributed by atoms with Gasteiger partial charge in [-0.1, -0.05) is 54.6 Å². The summed E-state index contributed by atoms with van der Waals surface area (Å²) in [4.78, 5) is 6.87. The van der Waals surface area contributed by atoms with Gasteiger partial charge in [-0.25, -0.2) is 0 Å². The number of aromatic nitrogens is 2. The van der Waals surface area contributed by atoms with Crippen molar-refractivity contribution in [3.63, 3.8) is 0 Å². The van der Waals surface area contributed by atoms with E-state index < -0.39 is 0 Å². The highest BCUT2D eigenvalue weighted by Gasteiger charge is 2.26. The molecule has 6 heteroatoms. The van der Waals surface area contributed by atoms with Crippen molar-refractivity contribution in [1.29, 1.82) is 0 Å². The summed E-state index contributed by atoms with van der Waals surface area (Å²) in [6.45, 7) is 3.91. The van der Waals surface area contributed by atoms with Gasteiger partial charge in [0.15, 0.2) is 5.96 Å². The molecule has 1 aliphatic rings. The zero-order chi connectivity index (χ0) is 21.5. The van der Waals surface area contributed by atoms with Crippen LogP contribution in [-0.2, 0) is 31.5 Å². The Labute approximate surface area is 184 Å². The van der Waals surface area contributed by atoms with E-state index in [-0.39, 0.29) is 0 Å². The monoisotopic (exact) mass is 417 g/mol. The van der Waals surface area contributed by atoms with Crippen LogP contribution in [0.25, 0.3) is 0 Å². The van der Waals surface area contributed by atoms with Crippen LogP contribution in [0.15, 0.2) is 72.0 Å². The molecule has 0 bridgehead atoms. The first-order valence-corrected chi connectivity index (χ1v) is 10.9. The number of hydrogen-bond acceptors (Lipinski definition) is 3. The summed E-state index contributed by atoms with van der Waals surface area (Å²) >= 11 is 0. The lowest BCUT2D eigenvalue weighted by atomic mass is 10.0. The first-order valence-electron chi connectivity index (χ1n) is 10.9. The van der Waals surface area contributed by atoms with Crippen molar-refractivity contribution in [2.24, 2.45) is 12.0 Å². The lowest BCUT2D eigenvalue weighted by Gasteiger charge is -2.22. The smallest absolute Gasteiger partial charge is 0.193 e. The lowest BCUT2D eigenvalue weighted by molar-refractivity contribution is 0.106. The number of hydrogen-bond donors (Lipinski definition) is 1. The minimum atomic E-state index is 0.505. The second-order valence-electron chi connectivity index (χ2n) is 8.03. The lowest BCUT2D eigenvalue weighted by Crippen LogP contribution is -2.39. The van der Waals surface area contributed by atoms with Gasteiger partial charge >= 0.3 is 0 Å². The normalized spacial score (nSPS) is 16.6. The van der Waals surface area contributed by atoms with Crippen LogP contribution >= 0.6 is 0 Å². The predicted molar refractivity (Wildman–Crippen MR) is 124 cm³/mol. The van der Waals surface area contributed by atoms with E-state index in [0.29, 0.717) is 19.1 Å². The zero-order valence-corrected chi connectivity index (χ0v) is 18.4. The minimum absolute atomic E-state index is 0.505. The van der Waals surface area contributed by atoms with Crippen LogP contribution < -0.4 is 5.32 Å². The molecule has 31 heavy (non-hydrogen) atoms. The number of guanidine groups is 1. The third-order valence-corrected chi connectivity index (χ3v) is 5.82. The van der Waals surface area contributed by atoms with Gasteiger partial charge in [0, 0.05) is 45.8 Å². The number of likely N-dealkylation sites (tertiary alicyclic amines) is 1. The topological polar surface area (TPSA) is 54.7 Å². The Morgan fingerprint density at radius 1 is 1.10 bits per heavy atom. The number of ether oxygens (including phenoxy) is 1. The maximum atomic E-state index is 5.97. The number of aliphatic imine (C=N–C) groups is 1. The highest BCUT2D eigenvalue weighted by Crippen LogP contribution is 2.26. The second-order valence-corrected chi connectivity index (χ2v) is 8.03. The second kappa shape index (κ2) is 10.3. The molecule has 0 spiro atoms. The van der Waals surface area contributed by atoms with Crippen LogP contribution in [-0.4, -0.2) is 40.8 Å². The molecule has 1 N–H and O–H groups in total. The van der Waals surface area contributed by atoms with E-state index in [1.807, 2.05) is 43.2 Å². The van der Waals surface area contributed by atoms with Crippen molar-refractivity contribution < 1.29 is 4.74 Å². The van der Waals surface area contributed by atoms with Crippen LogP contribution in [0.1, 0.15) is 34.6 Å². The molecule has 3 aromatic rings. The summed E-state index contributed by atoms with van der Waals surface area (Å²) in [6, 6.07) is 18.7. The summed E-state index contributed by atoms with van der Waals surface area (Å²) in [5.74, 6) is 1.46. The van der Waals surface area contributed by atoms with Gasteiger partial charge in [0.25, 0.3) is 0 Å². The number of rotatable bonds is 7. The average Bonchev–Trinajstić information content (AvgIpc) is 3.45. The van der Waals surface area contributed by atoms with Gasteiger partial charge in [-0.15, -0.1) is 0 Å². The van der Waals surface area contributed by atoms with Crippen molar-refractivity contribution in [3.8, 4) is 0 Å². The number of aryl methyl sites for hydroxylation is 1. The Morgan fingerprint density at radius 2 is 1.87 bits per heavy atom. The van der Waals surface area contributed by atoms with Crippen LogP contribution in [0.5, 0.6) is 0 Å². The number of nitrogens with one attached hydrogen (secondary N) is 1. The Hall–Kier alpha value is -3.12. The summed E-state index contributed by atoms with van der Waals surface area (Å²) in [6.07, 6.45) is 5.22. The Morgan fingerprint density at radius 3 is 2.61 bits per heavy atom. The van der Waals surface area contributed by atoms with Gasteiger partial charge in [0.2, 0.25) is 0 Å². The van der Waals surface area contributed by atoms with E-state index in [2.05, 4.69) is 62.9 Å². The molecule has 1 saturated heterocycles. The van der Waals surface area contributed by atoms with E-state index >= 15 is 0 Å². The quantitative estimate of drug-likeness (QED) is 0.470. The molecule has 1 fully saturated rings. The predicted octanol–water partition coefficient (Wildman–Crippen LogP) is 3.70. The van der Waals surface area contributed by atoms with Gasteiger partial charge < -0.3 is 15.0 Å². The van der Waals surface area contributed by atoms with Gasteiger partial charge in [-0.3, -0.25) is 9.67 Å². The Balaban J connectivity index is 1.32. The average molecular weight is 418 g/mol. The minimum Gasteiger partial charge on any atom is -0.372 e. The maximum absolute atomic E-state index is 5.97. The molecule has 1 atom stereocenters. The van der Waals surface area contributed by atoms with E-state index in [1.54, 1.807) is 0 Å². The largest absolute Gasteiger partial charge is 0.372 e. The first kappa shape index (κ1) is 21.1. The van der Waals surface area contributed by atoms with Gasteiger partial charge in [-0.2, -0.15) is 5.10 Å². The number of nitrogens with zero attached hydrogens (tertiary/aromatic N) is 4. The fourth-order valence-corrected chi connectivity index (χ4v) is 4.11. The van der Waals surface area contributed by atoms with Gasteiger partial charge in [-0.05, 0) is 28.7 Å². The van der Waals surface area contributed by atoms with Crippen molar-refractivity contribution in [3.05, 3.63) is 89.2 Å². The standard InChI is InChI=1S/C25H31N5O/c1-26-25(30-13-12-22(17-30)24-15-28-29(2)16-24)27-14-21-10-6-7-11-23(21)19-31-18-20-8-4-3-5-9-20/h3-11,15-16,22H,12-14,17-19H2,1-2H3,(H,26,27). The third-order valence-electron chi connectivity index (χ3n) is 5.82. The van der Waals surface area contributed by atoms with Crippen molar-refractivity contribution >= 4 is 5.96 Å². The van der Waals surface area contributed by atoms with Crippen LogP contribution in [0.3, 0.4) is 0 Å². The van der Waals surface area contributed by atoms with E-state index in [1.165, 1.54) is 22.3 Å². The van der Waals surface area contributed by atoms with Crippen molar-refractivity contribution in [1.82, 2.24) is 20.0 Å². The van der Waals surface area contributed by atoms with Crippen LogP contribution in [0.2, 0.25) is 0 Å². The summed E-state index contributed by atoms with van der Waals surface area (Å²) in [5.41, 5.74) is 4.94. The Bertz CT molecular complexity index is 998. The van der Waals surface area contributed by atoms with Crippen LogP contribution in [0.4, 0.5) is 0 Å². The summed E-state index contributed by atoms with van der Waals surface area (Å²) in [5, 5.41) is 7.87. The first-order chi connectivity index (χ1) is 15.2. The maximum Gasteiger partial charge on any atom is 0.193 e. The molecule has 0 radical (unpaired) electrons. The molecule has 6 nitrogen and oxygen atoms in total. The molecule has 0 aliphatic carbocycles. The third kappa shape index (κ3) is 5.52. The van der Waals surface area contributed by atoms with Gasteiger partial charge in [0.05, 0.1) is 19.4 Å². The fourth-order valence-electron chi connectivity index (χ4n) is 4.11. The van der Waals surface area contributed by atoms with E-state index in [9.17, 15) is 0 Å². The summed E-state index contributed by atoms with van der Waals surface area (Å²) < 4.78 is 7.84. The van der Waals surface area contributed by atoms with Crippen molar-refractivity contribution in [2.45, 2.75) is 32.1 Å². The molecule has 2 aromatic carbocycles. The molecule has 1 aliphatic heterocycles. The molecule has 2 heterocycles. The van der Waals surface area contributed by atoms with Gasteiger partial charge in [0.1, 0.15) is 0 Å². The molecule has 0 amide bonds. The fraction of sp³-hybridized carbons (Fsp3) is 0.360.